The number of hydrogen-bond donors (Lipinski definition) is 1. The van der Waals surface area contributed by atoms with Crippen molar-refractivity contribution in [1.29, 1.82) is 0 Å². The molecule has 0 saturated carbocycles. The Kier molecular flexibility index (Phi) is 4.39. The normalized spacial score (nSPS) is 21.2. The van der Waals surface area contributed by atoms with Crippen LogP contribution in [0.15, 0.2) is 18.2 Å². The minimum atomic E-state index is -0.878. The van der Waals surface area contributed by atoms with E-state index in [9.17, 15) is 9.59 Å². The Balaban J connectivity index is 1.64. The molecule has 1 fully saturated rings. The van der Waals surface area contributed by atoms with Gasteiger partial charge in [-0.1, -0.05) is 12.1 Å². The number of para-hydroxylation sites is 1. The highest BCUT2D eigenvalue weighted by atomic mass is 16.5. The van der Waals surface area contributed by atoms with Gasteiger partial charge < -0.3 is 19.5 Å². The van der Waals surface area contributed by atoms with Crippen LogP contribution in [0, 0.1) is 0 Å². The molecular formula is C18H23NO5. The summed E-state index contributed by atoms with van der Waals surface area (Å²) in [5.41, 5.74) is 0.808. The Hall–Kier alpha value is -2.24. The van der Waals surface area contributed by atoms with Gasteiger partial charge in [0.05, 0.1) is 6.42 Å². The van der Waals surface area contributed by atoms with Gasteiger partial charge in [-0.25, -0.2) is 0 Å². The van der Waals surface area contributed by atoms with E-state index < -0.39 is 5.97 Å². The van der Waals surface area contributed by atoms with Gasteiger partial charge in [0.1, 0.15) is 5.60 Å². The Morgan fingerprint density at radius 3 is 2.96 bits per heavy atom. The summed E-state index contributed by atoms with van der Waals surface area (Å²) in [6.45, 7) is 4.53. The molecule has 1 aromatic rings. The topological polar surface area (TPSA) is 76.1 Å². The van der Waals surface area contributed by atoms with Crippen molar-refractivity contribution in [3.05, 3.63) is 23.8 Å². The summed E-state index contributed by atoms with van der Waals surface area (Å²) in [6.07, 6.45) is 2.36. The van der Waals surface area contributed by atoms with E-state index in [4.69, 9.17) is 14.6 Å². The van der Waals surface area contributed by atoms with Crippen molar-refractivity contribution in [1.82, 2.24) is 4.90 Å². The zero-order valence-corrected chi connectivity index (χ0v) is 14.1. The number of carbonyl (C=O) groups is 2. The fourth-order valence-corrected chi connectivity index (χ4v) is 3.50. The third-order valence-electron chi connectivity index (χ3n) is 4.51. The molecule has 0 aliphatic carbocycles. The fourth-order valence-electron chi connectivity index (χ4n) is 3.50. The first kappa shape index (κ1) is 16.6. The number of ether oxygens (including phenoxy) is 2. The van der Waals surface area contributed by atoms with Crippen LogP contribution in [0.2, 0.25) is 0 Å². The number of nitrogens with zero attached hydrogens (tertiary/aromatic N) is 1. The highest BCUT2D eigenvalue weighted by Crippen LogP contribution is 2.41. The monoisotopic (exact) mass is 333 g/mol. The SMILES string of the molecule is CC1(C)Cc2cccc(OCC(=O)N3CCCC3CC(=O)O)c2O1. The van der Waals surface area contributed by atoms with Crippen LogP contribution in [0.5, 0.6) is 11.5 Å². The number of carbonyl (C=O) groups excluding carboxylic acids is 1. The largest absolute Gasteiger partial charge is 0.483 e. The number of carboxylic acid groups (broad SMARTS) is 1. The fraction of sp³-hybridized carbons (Fsp3) is 0.556. The summed E-state index contributed by atoms with van der Waals surface area (Å²) in [6, 6.07) is 5.47. The quantitative estimate of drug-likeness (QED) is 0.894. The minimum absolute atomic E-state index is 0.0101. The van der Waals surface area contributed by atoms with Crippen LogP contribution in [0.1, 0.15) is 38.7 Å². The number of fused-ring (bicyclic) bond motifs is 1. The Morgan fingerprint density at radius 1 is 1.42 bits per heavy atom. The van der Waals surface area contributed by atoms with Gasteiger partial charge in [0.15, 0.2) is 18.1 Å². The van der Waals surface area contributed by atoms with Gasteiger partial charge in [-0.3, -0.25) is 9.59 Å². The van der Waals surface area contributed by atoms with Gasteiger partial charge in [0.25, 0.3) is 5.91 Å². The van der Waals surface area contributed by atoms with Gasteiger partial charge >= 0.3 is 5.97 Å². The third-order valence-corrected chi connectivity index (χ3v) is 4.51. The summed E-state index contributed by atoms with van der Waals surface area (Å²) in [5, 5.41) is 8.95. The van der Waals surface area contributed by atoms with Crippen molar-refractivity contribution in [2.75, 3.05) is 13.2 Å². The number of likely N-dealkylation sites (tertiary alicyclic amines) is 1. The van der Waals surface area contributed by atoms with Crippen LogP contribution in [0.3, 0.4) is 0 Å². The zero-order chi connectivity index (χ0) is 17.3. The molecule has 0 radical (unpaired) electrons. The lowest BCUT2D eigenvalue weighted by molar-refractivity contribution is -0.140. The molecule has 1 unspecified atom stereocenters. The maximum atomic E-state index is 12.4. The first-order valence-corrected chi connectivity index (χ1v) is 8.31. The summed E-state index contributed by atoms with van der Waals surface area (Å²) in [7, 11) is 0. The molecule has 2 heterocycles. The van der Waals surface area contributed by atoms with E-state index in [0.717, 1.165) is 24.8 Å². The first-order valence-electron chi connectivity index (χ1n) is 8.31. The van der Waals surface area contributed by atoms with Crippen molar-refractivity contribution < 1.29 is 24.2 Å². The maximum Gasteiger partial charge on any atom is 0.305 e. The average Bonchev–Trinajstić information content (AvgIpc) is 3.06. The maximum absolute atomic E-state index is 12.4. The van der Waals surface area contributed by atoms with Crippen LogP contribution < -0.4 is 9.47 Å². The zero-order valence-electron chi connectivity index (χ0n) is 14.1. The molecule has 0 spiro atoms. The van der Waals surface area contributed by atoms with Crippen molar-refractivity contribution in [3.8, 4) is 11.5 Å². The lowest BCUT2D eigenvalue weighted by atomic mass is 10.0. The second-order valence-electron chi connectivity index (χ2n) is 7.05. The molecule has 1 N–H and O–H groups in total. The Morgan fingerprint density at radius 2 is 2.21 bits per heavy atom. The van der Waals surface area contributed by atoms with E-state index in [2.05, 4.69) is 0 Å². The molecule has 2 aliphatic rings. The molecule has 24 heavy (non-hydrogen) atoms. The molecule has 0 aromatic heterocycles. The molecule has 1 amide bonds. The first-order chi connectivity index (χ1) is 11.4. The van der Waals surface area contributed by atoms with E-state index in [1.54, 1.807) is 11.0 Å². The van der Waals surface area contributed by atoms with E-state index in [-0.39, 0.29) is 30.6 Å². The number of aliphatic carboxylic acids is 1. The molecule has 1 saturated heterocycles. The van der Waals surface area contributed by atoms with Gasteiger partial charge in [0.2, 0.25) is 0 Å². The van der Waals surface area contributed by atoms with Gasteiger partial charge in [-0.05, 0) is 32.8 Å². The molecule has 6 nitrogen and oxygen atoms in total. The summed E-state index contributed by atoms with van der Waals surface area (Å²) in [5.74, 6) is 0.227. The molecular weight excluding hydrogens is 310 g/mol. The molecule has 1 aromatic carbocycles. The van der Waals surface area contributed by atoms with Crippen LogP contribution in [-0.4, -0.2) is 46.7 Å². The number of amides is 1. The van der Waals surface area contributed by atoms with Crippen molar-refractivity contribution in [3.63, 3.8) is 0 Å². The van der Waals surface area contributed by atoms with E-state index in [1.165, 1.54) is 0 Å². The smallest absolute Gasteiger partial charge is 0.305 e. The molecule has 130 valence electrons. The number of hydrogen-bond acceptors (Lipinski definition) is 4. The van der Waals surface area contributed by atoms with Crippen molar-refractivity contribution >= 4 is 11.9 Å². The third kappa shape index (κ3) is 3.47. The van der Waals surface area contributed by atoms with Gasteiger partial charge in [-0.15, -0.1) is 0 Å². The van der Waals surface area contributed by atoms with E-state index >= 15 is 0 Å². The summed E-state index contributed by atoms with van der Waals surface area (Å²) < 4.78 is 11.6. The number of rotatable bonds is 5. The molecule has 0 bridgehead atoms. The second kappa shape index (κ2) is 6.34. The lowest BCUT2D eigenvalue weighted by Crippen LogP contribution is -2.39. The van der Waals surface area contributed by atoms with E-state index in [0.29, 0.717) is 18.0 Å². The Labute approximate surface area is 141 Å². The number of benzene rings is 1. The van der Waals surface area contributed by atoms with E-state index in [1.807, 2.05) is 26.0 Å². The summed E-state index contributed by atoms with van der Waals surface area (Å²) >= 11 is 0. The average molecular weight is 333 g/mol. The van der Waals surface area contributed by atoms with Gasteiger partial charge in [-0.2, -0.15) is 0 Å². The van der Waals surface area contributed by atoms with Crippen molar-refractivity contribution in [2.24, 2.45) is 0 Å². The highest BCUT2D eigenvalue weighted by molar-refractivity contribution is 5.79. The highest BCUT2D eigenvalue weighted by Gasteiger charge is 2.33. The van der Waals surface area contributed by atoms with Crippen molar-refractivity contribution in [2.45, 2.75) is 51.2 Å². The van der Waals surface area contributed by atoms with Gasteiger partial charge in [0, 0.05) is 24.6 Å². The molecule has 3 rings (SSSR count). The molecule has 2 aliphatic heterocycles. The lowest BCUT2D eigenvalue weighted by Gasteiger charge is -2.24. The van der Waals surface area contributed by atoms with Crippen LogP contribution >= 0.6 is 0 Å². The summed E-state index contributed by atoms with van der Waals surface area (Å²) in [4.78, 5) is 24.9. The second-order valence-corrected chi connectivity index (χ2v) is 7.05. The van der Waals surface area contributed by atoms with Crippen LogP contribution in [0.25, 0.3) is 0 Å². The number of carboxylic acids is 1. The molecule has 6 heteroatoms. The predicted octanol–water partition coefficient (Wildman–Crippen LogP) is 2.24. The Bertz CT molecular complexity index is 655. The standard InChI is InChI=1S/C18H23NO5/c1-18(2)10-12-5-3-7-14(17(12)24-18)23-11-15(20)19-8-4-6-13(19)9-16(21)22/h3,5,7,13H,4,6,8-11H2,1-2H3,(H,21,22). The molecule has 1 atom stereocenters. The van der Waals surface area contributed by atoms with Crippen LogP contribution in [0.4, 0.5) is 0 Å². The van der Waals surface area contributed by atoms with Crippen LogP contribution in [-0.2, 0) is 16.0 Å². The minimum Gasteiger partial charge on any atom is -0.483 e. The predicted molar refractivity (Wildman–Crippen MR) is 87.3 cm³/mol.